The molecule has 0 radical (unpaired) electrons. The number of benzene rings is 1. The summed E-state index contributed by atoms with van der Waals surface area (Å²) in [6.07, 6.45) is 0.195. The number of hydrogen-bond acceptors (Lipinski definition) is 4. The lowest BCUT2D eigenvalue weighted by atomic mass is 10.3. The summed E-state index contributed by atoms with van der Waals surface area (Å²) in [5.74, 6) is -0.485. The molecular formula is C13H20ClN3O3. The molecule has 20 heavy (non-hydrogen) atoms. The maximum Gasteiger partial charge on any atom is 0.239 e. The highest BCUT2D eigenvalue weighted by Gasteiger charge is 2.12. The highest BCUT2D eigenvalue weighted by Crippen LogP contribution is 2.04. The van der Waals surface area contributed by atoms with Crippen molar-refractivity contribution in [2.75, 3.05) is 25.6 Å². The van der Waals surface area contributed by atoms with Crippen molar-refractivity contribution in [2.24, 2.45) is 5.73 Å². The van der Waals surface area contributed by atoms with Crippen molar-refractivity contribution in [1.82, 2.24) is 5.32 Å². The van der Waals surface area contributed by atoms with Gasteiger partial charge < -0.3 is 21.1 Å². The lowest BCUT2D eigenvalue weighted by Crippen LogP contribution is -2.44. The van der Waals surface area contributed by atoms with E-state index in [2.05, 4.69) is 10.6 Å². The first-order valence-corrected chi connectivity index (χ1v) is 6.00. The summed E-state index contributed by atoms with van der Waals surface area (Å²) in [5, 5.41) is 5.30. The van der Waals surface area contributed by atoms with Crippen LogP contribution in [0.15, 0.2) is 30.3 Å². The zero-order valence-electron chi connectivity index (χ0n) is 11.3. The molecule has 4 N–H and O–H groups in total. The smallest absolute Gasteiger partial charge is 0.239 e. The zero-order valence-corrected chi connectivity index (χ0v) is 12.1. The predicted octanol–water partition coefficient (Wildman–Crippen LogP) is 0.527. The largest absolute Gasteiger partial charge is 0.383 e. The Hall–Kier alpha value is -1.63. The summed E-state index contributed by atoms with van der Waals surface area (Å²) in [5.41, 5.74) is 6.26. The highest BCUT2D eigenvalue weighted by atomic mass is 35.5. The number of halogens is 1. The van der Waals surface area contributed by atoms with Gasteiger partial charge in [-0.15, -0.1) is 12.4 Å². The van der Waals surface area contributed by atoms with Gasteiger partial charge >= 0.3 is 0 Å². The molecule has 0 saturated carbocycles. The van der Waals surface area contributed by atoms with Crippen LogP contribution in [0.4, 0.5) is 5.69 Å². The summed E-state index contributed by atoms with van der Waals surface area (Å²) in [7, 11) is 1.47. The number of methoxy groups -OCH3 is 1. The van der Waals surface area contributed by atoms with E-state index in [1.54, 1.807) is 12.1 Å². The molecule has 0 aliphatic carbocycles. The van der Waals surface area contributed by atoms with E-state index in [1.165, 1.54) is 7.11 Å². The van der Waals surface area contributed by atoms with E-state index >= 15 is 0 Å². The Bertz CT molecular complexity index is 415. The third-order valence-electron chi connectivity index (χ3n) is 2.39. The number of nitrogens with two attached hydrogens (primary N) is 1. The minimum Gasteiger partial charge on any atom is -0.383 e. The minimum atomic E-state index is -0.706. The van der Waals surface area contributed by atoms with Gasteiger partial charge in [0.15, 0.2) is 0 Å². The summed E-state index contributed by atoms with van der Waals surface area (Å²) in [4.78, 5) is 23.0. The third-order valence-corrected chi connectivity index (χ3v) is 2.39. The summed E-state index contributed by atoms with van der Waals surface area (Å²) >= 11 is 0. The Morgan fingerprint density at radius 3 is 2.55 bits per heavy atom. The number of anilines is 1. The molecule has 2 amide bonds. The average molecular weight is 302 g/mol. The molecule has 1 unspecified atom stereocenters. The molecule has 1 rings (SSSR count). The van der Waals surface area contributed by atoms with Gasteiger partial charge in [-0.1, -0.05) is 18.2 Å². The monoisotopic (exact) mass is 301 g/mol. The van der Waals surface area contributed by atoms with Crippen LogP contribution in [0.1, 0.15) is 6.42 Å². The summed E-state index contributed by atoms with van der Waals surface area (Å²) in [6.45, 7) is 0.400. The van der Waals surface area contributed by atoms with Crippen LogP contribution in [-0.4, -0.2) is 38.1 Å². The number of carbonyl (C=O) groups excluding carboxylic acids is 2. The average Bonchev–Trinajstić information content (AvgIpc) is 2.40. The molecule has 1 aromatic rings. The van der Waals surface area contributed by atoms with Crippen molar-refractivity contribution < 1.29 is 14.3 Å². The molecule has 7 heteroatoms. The van der Waals surface area contributed by atoms with Gasteiger partial charge in [0.1, 0.15) is 6.04 Å². The first-order chi connectivity index (χ1) is 9.13. The second-order valence-electron chi connectivity index (χ2n) is 4.02. The van der Waals surface area contributed by atoms with Crippen molar-refractivity contribution in [1.29, 1.82) is 0 Å². The number of rotatable bonds is 7. The Kier molecular flexibility index (Phi) is 9.36. The van der Waals surface area contributed by atoms with Crippen molar-refractivity contribution in [3.63, 3.8) is 0 Å². The van der Waals surface area contributed by atoms with E-state index in [9.17, 15) is 9.59 Å². The maximum atomic E-state index is 11.6. The van der Waals surface area contributed by atoms with Crippen LogP contribution < -0.4 is 16.4 Å². The molecule has 0 spiro atoms. The maximum absolute atomic E-state index is 11.6. The number of nitrogens with one attached hydrogen (secondary N) is 2. The van der Waals surface area contributed by atoms with Crippen LogP contribution in [0.2, 0.25) is 0 Å². The van der Waals surface area contributed by atoms with Gasteiger partial charge in [-0.3, -0.25) is 9.59 Å². The Morgan fingerprint density at radius 1 is 1.30 bits per heavy atom. The molecule has 1 aromatic carbocycles. The fourth-order valence-corrected chi connectivity index (χ4v) is 1.43. The second-order valence-corrected chi connectivity index (χ2v) is 4.02. The Balaban J connectivity index is 0.00000361. The number of hydrogen-bond donors (Lipinski definition) is 3. The lowest BCUT2D eigenvalue weighted by Gasteiger charge is -2.11. The third kappa shape index (κ3) is 7.08. The predicted molar refractivity (Wildman–Crippen MR) is 79.8 cm³/mol. The van der Waals surface area contributed by atoms with Gasteiger partial charge in [0.2, 0.25) is 11.8 Å². The van der Waals surface area contributed by atoms with E-state index in [1.807, 2.05) is 18.2 Å². The number of amides is 2. The quantitative estimate of drug-likeness (QED) is 0.685. The van der Waals surface area contributed by atoms with E-state index in [0.717, 1.165) is 5.69 Å². The topological polar surface area (TPSA) is 93.4 Å². The van der Waals surface area contributed by atoms with Crippen molar-refractivity contribution in [3.05, 3.63) is 30.3 Å². The molecule has 0 aromatic heterocycles. The van der Waals surface area contributed by atoms with Gasteiger partial charge in [0.25, 0.3) is 0 Å². The van der Waals surface area contributed by atoms with E-state index in [-0.39, 0.29) is 43.8 Å². The molecule has 0 heterocycles. The second kappa shape index (κ2) is 10.2. The molecule has 6 nitrogen and oxygen atoms in total. The van der Waals surface area contributed by atoms with Crippen molar-refractivity contribution in [3.8, 4) is 0 Å². The lowest BCUT2D eigenvalue weighted by molar-refractivity contribution is -0.123. The van der Waals surface area contributed by atoms with Gasteiger partial charge in [-0.2, -0.15) is 0 Å². The first-order valence-electron chi connectivity index (χ1n) is 6.00. The molecule has 1 atom stereocenters. The Morgan fingerprint density at radius 2 is 1.95 bits per heavy atom. The van der Waals surface area contributed by atoms with Crippen molar-refractivity contribution in [2.45, 2.75) is 12.5 Å². The fourth-order valence-electron chi connectivity index (χ4n) is 1.43. The fraction of sp³-hybridized carbons (Fsp3) is 0.385. The molecule has 0 saturated heterocycles. The van der Waals surface area contributed by atoms with Gasteiger partial charge in [-0.05, 0) is 12.1 Å². The standard InChI is InChI=1S/C13H19N3O3.ClH/c1-19-9-11(14)13(18)15-8-7-12(17)16-10-5-3-2-4-6-10;/h2-6,11H,7-9,14H2,1H3,(H,15,18)(H,16,17);1H. The molecule has 0 bridgehead atoms. The van der Waals surface area contributed by atoms with Crippen LogP contribution in [0, 0.1) is 0 Å². The van der Waals surface area contributed by atoms with Crippen LogP contribution in [0.25, 0.3) is 0 Å². The number of carbonyl (C=O) groups is 2. The normalized spacial score (nSPS) is 11.1. The van der Waals surface area contributed by atoms with E-state index in [4.69, 9.17) is 10.5 Å². The van der Waals surface area contributed by atoms with Crippen LogP contribution >= 0.6 is 12.4 Å². The first kappa shape index (κ1) is 18.4. The van der Waals surface area contributed by atoms with Gasteiger partial charge in [-0.25, -0.2) is 0 Å². The SMILES string of the molecule is COCC(N)C(=O)NCCC(=O)Nc1ccccc1.Cl. The number of ether oxygens (including phenoxy) is 1. The van der Waals surface area contributed by atoms with Gasteiger partial charge in [0, 0.05) is 25.8 Å². The minimum absolute atomic E-state index is 0. The van der Waals surface area contributed by atoms with Gasteiger partial charge in [0.05, 0.1) is 6.61 Å². The molecule has 0 aliphatic heterocycles. The van der Waals surface area contributed by atoms with Crippen LogP contribution in [0.3, 0.4) is 0 Å². The highest BCUT2D eigenvalue weighted by molar-refractivity contribution is 5.91. The number of para-hydroxylation sites is 1. The summed E-state index contributed by atoms with van der Waals surface area (Å²) < 4.78 is 4.77. The van der Waals surface area contributed by atoms with E-state index in [0.29, 0.717) is 0 Å². The molecule has 112 valence electrons. The summed E-state index contributed by atoms with van der Waals surface area (Å²) in [6, 6.07) is 8.42. The van der Waals surface area contributed by atoms with Crippen LogP contribution in [-0.2, 0) is 14.3 Å². The zero-order chi connectivity index (χ0) is 14.1. The Labute approximate surface area is 124 Å². The molecule has 0 fully saturated rings. The molecular weight excluding hydrogens is 282 g/mol. The van der Waals surface area contributed by atoms with E-state index < -0.39 is 6.04 Å². The van der Waals surface area contributed by atoms with Crippen molar-refractivity contribution >= 4 is 29.9 Å². The molecule has 0 aliphatic rings. The van der Waals surface area contributed by atoms with Crippen LogP contribution in [0.5, 0.6) is 0 Å².